The molecule has 0 amide bonds. The molecule has 0 aliphatic carbocycles. The van der Waals surface area contributed by atoms with Gasteiger partial charge in [-0.05, 0) is 27.9 Å². The van der Waals surface area contributed by atoms with Gasteiger partial charge in [-0.25, -0.2) is 0 Å². The summed E-state index contributed by atoms with van der Waals surface area (Å²) in [5, 5.41) is 0. The van der Waals surface area contributed by atoms with E-state index in [4.69, 9.17) is 11.6 Å². The maximum atomic E-state index is 5.89. The fourth-order valence-electron chi connectivity index (χ4n) is 0.752. The Kier molecular flexibility index (Phi) is 5.94. The molecule has 0 fully saturated rings. The second-order valence-electron chi connectivity index (χ2n) is 2.96. The summed E-state index contributed by atoms with van der Waals surface area (Å²) in [7, 11) is 4.04. The molecule has 0 aromatic carbocycles. The summed E-state index contributed by atoms with van der Waals surface area (Å²) in [4.78, 5) is 2.00. The molecule has 1 nitrogen and oxygen atoms in total. The lowest BCUT2D eigenvalue weighted by Crippen LogP contribution is -2.28. The summed E-state index contributed by atoms with van der Waals surface area (Å²) in [5.41, 5.74) is 0. The summed E-state index contributed by atoms with van der Waals surface area (Å²) in [5.74, 6) is 0. The van der Waals surface area contributed by atoms with E-state index in [9.17, 15) is 0 Å². The number of hydrogen-bond acceptors (Lipinski definition) is 1. The second kappa shape index (κ2) is 4.37. The van der Waals surface area contributed by atoms with Crippen LogP contribution < -0.4 is 0 Å². The van der Waals surface area contributed by atoms with Crippen molar-refractivity contribution in [3.8, 4) is 0 Å². The van der Waals surface area contributed by atoms with Gasteiger partial charge in [0, 0.05) is 6.54 Å². The third kappa shape index (κ3) is 11.9. The maximum Gasteiger partial charge on any atom is 0.0517 e. The molecule has 9 heavy (non-hydrogen) atoms. The van der Waals surface area contributed by atoms with Crippen LogP contribution in [0.25, 0.3) is 0 Å². The lowest BCUT2D eigenvalue weighted by Gasteiger charge is -2.20. The summed E-state index contributed by atoms with van der Waals surface area (Å²) < 4.78 is 0. The highest BCUT2D eigenvalue weighted by Gasteiger charge is 2.12. The zero-order chi connectivity index (χ0) is 6.78. The molecule has 0 rings (SSSR count). The molecule has 0 aromatic rings. The number of alkyl halides is 1. The van der Waals surface area contributed by atoms with Gasteiger partial charge in [0.2, 0.25) is 0 Å². The van der Waals surface area contributed by atoms with E-state index >= 15 is 0 Å². The van der Waals surface area contributed by atoms with E-state index in [0.717, 1.165) is 6.54 Å². The first-order chi connectivity index (χ1) is 3.42. The minimum Gasteiger partial charge on any atom is -0.308 e. The molecule has 0 aliphatic heterocycles. The average molecular weight is 172 g/mol. The lowest BCUT2D eigenvalue weighted by molar-refractivity contribution is 0.369. The van der Waals surface area contributed by atoms with Crippen LogP contribution in [0.2, 0.25) is 0 Å². The molecule has 0 N–H and O–H groups in total. The topological polar surface area (TPSA) is 3.24 Å². The first-order valence-corrected chi connectivity index (χ1v) is 3.13. The summed E-state index contributed by atoms with van der Waals surface area (Å²) in [6.45, 7) is 4.94. The molecule has 58 valence electrons. The Morgan fingerprint density at radius 1 is 1.33 bits per heavy atom. The molecular formula is C6H15Cl2N. The molecule has 0 aliphatic rings. The van der Waals surface area contributed by atoms with E-state index in [0.29, 0.717) is 0 Å². The summed E-state index contributed by atoms with van der Waals surface area (Å²) in [6, 6.07) is 0. The van der Waals surface area contributed by atoms with Crippen molar-refractivity contribution < 1.29 is 0 Å². The number of halogens is 2. The van der Waals surface area contributed by atoms with E-state index in [1.807, 2.05) is 27.9 Å². The van der Waals surface area contributed by atoms with Gasteiger partial charge in [0.05, 0.1) is 4.87 Å². The monoisotopic (exact) mass is 171 g/mol. The number of hydrogen-bond donors (Lipinski definition) is 0. The zero-order valence-electron chi connectivity index (χ0n) is 6.44. The number of rotatable bonds is 2. The Bertz CT molecular complexity index is 65.9. The highest BCUT2D eigenvalue weighted by molar-refractivity contribution is 6.23. The second-order valence-corrected chi connectivity index (χ2v) is 3.98. The van der Waals surface area contributed by atoms with E-state index in [2.05, 4.69) is 4.90 Å². The molecule has 0 radical (unpaired) electrons. The van der Waals surface area contributed by atoms with Gasteiger partial charge in [-0.2, -0.15) is 0 Å². The van der Waals surface area contributed by atoms with Gasteiger partial charge < -0.3 is 4.90 Å². The van der Waals surface area contributed by atoms with Gasteiger partial charge in [0.1, 0.15) is 0 Å². The van der Waals surface area contributed by atoms with Gasteiger partial charge in [0.15, 0.2) is 0 Å². The summed E-state index contributed by atoms with van der Waals surface area (Å²) >= 11 is 5.89. The Labute approximate surface area is 68.8 Å². The number of nitrogens with zero attached hydrogens (tertiary/aromatic N) is 1. The highest BCUT2D eigenvalue weighted by Crippen LogP contribution is 2.11. The lowest BCUT2D eigenvalue weighted by atomic mass is 10.2. The van der Waals surface area contributed by atoms with Crippen molar-refractivity contribution in [2.75, 3.05) is 20.6 Å². The molecule has 3 heteroatoms. The van der Waals surface area contributed by atoms with Gasteiger partial charge in [-0.15, -0.1) is 24.0 Å². The Morgan fingerprint density at radius 2 is 1.67 bits per heavy atom. The first-order valence-electron chi connectivity index (χ1n) is 2.75. The van der Waals surface area contributed by atoms with Crippen molar-refractivity contribution in [1.82, 2.24) is 4.90 Å². The third-order valence-corrected chi connectivity index (χ3v) is 0.812. The van der Waals surface area contributed by atoms with Crippen LogP contribution in [0, 0.1) is 0 Å². The van der Waals surface area contributed by atoms with Crippen LogP contribution in [0.3, 0.4) is 0 Å². The third-order valence-electron chi connectivity index (χ3n) is 0.692. The normalized spacial score (nSPS) is 11.3. The van der Waals surface area contributed by atoms with Gasteiger partial charge >= 0.3 is 0 Å². The van der Waals surface area contributed by atoms with Crippen molar-refractivity contribution in [3.05, 3.63) is 0 Å². The Morgan fingerprint density at radius 3 is 1.67 bits per heavy atom. The molecule has 0 spiro atoms. The zero-order valence-corrected chi connectivity index (χ0v) is 8.01. The van der Waals surface area contributed by atoms with Crippen molar-refractivity contribution in [1.29, 1.82) is 0 Å². The van der Waals surface area contributed by atoms with Gasteiger partial charge in [0.25, 0.3) is 0 Å². The molecule has 0 heterocycles. The van der Waals surface area contributed by atoms with E-state index in [1.165, 1.54) is 0 Å². The molecule has 0 saturated carbocycles. The van der Waals surface area contributed by atoms with Crippen molar-refractivity contribution in [2.45, 2.75) is 18.7 Å². The fraction of sp³-hybridized carbons (Fsp3) is 1.00. The van der Waals surface area contributed by atoms with E-state index in [-0.39, 0.29) is 17.3 Å². The molecule has 0 unspecified atom stereocenters. The predicted octanol–water partition coefficient (Wildman–Crippen LogP) is 1.99. The maximum absolute atomic E-state index is 5.89. The van der Waals surface area contributed by atoms with Gasteiger partial charge in [-0.1, -0.05) is 0 Å². The van der Waals surface area contributed by atoms with E-state index in [1.54, 1.807) is 0 Å². The smallest absolute Gasteiger partial charge is 0.0517 e. The standard InChI is InChI=1S/C6H14ClN.ClH/c1-6(2,7)5-8(3)4;/h5H2,1-4H3;1H. The average Bonchev–Trinajstić information content (AvgIpc) is 1.21. The first kappa shape index (κ1) is 12.2. The summed E-state index contributed by atoms with van der Waals surface area (Å²) in [6.07, 6.45) is 0. The predicted molar refractivity (Wildman–Crippen MR) is 45.7 cm³/mol. The molecule has 0 bridgehead atoms. The molecule has 0 aromatic heterocycles. The largest absolute Gasteiger partial charge is 0.308 e. The minimum absolute atomic E-state index is 0. The molecule has 0 atom stereocenters. The van der Waals surface area contributed by atoms with Crippen LogP contribution in [-0.2, 0) is 0 Å². The van der Waals surface area contributed by atoms with Crippen LogP contribution in [-0.4, -0.2) is 30.4 Å². The van der Waals surface area contributed by atoms with Crippen LogP contribution in [0.15, 0.2) is 0 Å². The van der Waals surface area contributed by atoms with Gasteiger partial charge in [-0.3, -0.25) is 0 Å². The Hall–Kier alpha value is 0.540. The van der Waals surface area contributed by atoms with Crippen molar-refractivity contribution in [3.63, 3.8) is 0 Å². The van der Waals surface area contributed by atoms with Crippen molar-refractivity contribution >= 4 is 24.0 Å². The molecular weight excluding hydrogens is 157 g/mol. The SMILES string of the molecule is CN(C)CC(C)(C)Cl.Cl. The minimum atomic E-state index is -0.0799. The fourth-order valence-corrected chi connectivity index (χ4v) is 0.991. The van der Waals surface area contributed by atoms with Crippen LogP contribution in [0.1, 0.15) is 13.8 Å². The van der Waals surface area contributed by atoms with Crippen LogP contribution >= 0.6 is 24.0 Å². The van der Waals surface area contributed by atoms with E-state index < -0.39 is 0 Å². The Balaban J connectivity index is 0. The quantitative estimate of drug-likeness (QED) is 0.575. The highest BCUT2D eigenvalue weighted by atomic mass is 35.5. The van der Waals surface area contributed by atoms with Crippen LogP contribution in [0.4, 0.5) is 0 Å². The molecule has 0 saturated heterocycles. The van der Waals surface area contributed by atoms with Crippen molar-refractivity contribution in [2.24, 2.45) is 0 Å². The van der Waals surface area contributed by atoms with Crippen LogP contribution in [0.5, 0.6) is 0 Å².